The minimum Gasteiger partial charge on any atom is -0.340 e. The lowest BCUT2D eigenvalue weighted by atomic mass is 10.2. The summed E-state index contributed by atoms with van der Waals surface area (Å²) in [5, 5.41) is 7.93. The molecule has 6 rings (SSSR count). The fraction of sp³-hybridized carbons (Fsp3) is 0.200. The van der Waals surface area contributed by atoms with Crippen molar-refractivity contribution in [3.8, 4) is 22.8 Å². The van der Waals surface area contributed by atoms with Gasteiger partial charge in [-0.25, -0.2) is 19.9 Å². The lowest BCUT2D eigenvalue weighted by Crippen LogP contribution is -2.05. The van der Waals surface area contributed by atoms with Gasteiger partial charge in [0.1, 0.15) is 23.3 Å². The molecule has 0 unspecified atom stereocenters. The van der Waals surface area contributed by atoms with E-state index in [2.05, 4.69) is 67.4 Å². The number of benzene rings is 2. The van der Waals surface area contributed by atoms with Crippen LogP contribution >= 0.6 is 23.2 Å². The Bertz CT molecular complexity index is 1770. The summed E-state index contributed by atoms with van der Waals surface area (Å²) in [6.45, 7) is 9.60. The fourth-order valence-electron chi connectivity index (χ4n) is 4.63. The summed E-state index contributed by atoms with van der Waals surface area (Å²) in [5.74, 6) is 4.03. The topological polar surface area (TPSA) is 85.5 Å². The normalized spacial score (nSPS) is 10.9. The lowest BCUT2D eigenvalue weighted by molar-refractivity contribution is 0.526. The number of rotatable bonds is 9. The molecular weight excluding hydrogens is 603 g/mol. The number of pyridine rings is 2. The SMILES string of the molecule is CC(C)Cn1ccnc1-c1ccc(Nc2ccc(Cl)cc2)nc1.CC(C)n1ccnc1-c1ccc(Nc2ccc(Cl)cc2)nc1. The molecule has 0 radical (unpaired) electrons. The van der Waals surface area contributed by atoms with Crippen LogP contribution in [0.1, 0.15) is 33.7 Å². The Labute approximate surface area is 274 Å². The van der Waals surface area contributed by atoms with Gasteiger partial charge in [-0.2, -0.15) is 0 Å². The zero-order chi connectivity index (χ0) is 31.8. The molecule has 10 heteroatoms. The Morgan fingerprint density at radius 1 is 0.600 bits per heavy atom. The van der Waals surface area contributed by atoms with Crippen molar-refractivity contribution in [3.05, 3.63) is 120 Å². The molecule has 2 N–H and O–H groups in total. The molecule has 4 heterocycles. The summed E-state index contributed by atoms with van der Waals surface area (Å²) < 4.78 is 4.29. The summed E-state index contributed by atoms with van der Waals surface area (Å²) >= 11 is 11.8. The van der Waals surface area contributed by atoms with Gasteiger partial charge in [-0.05, 0) is 92.6 Å². The molecule has 2 aromatic carbocycles. The van der Waals surface area contributed by atoms with Crippen molar-refractivity contribution in [1.29, 1.82) is 0 Å². The standard InChI is InChI=1S/C18H19ClN4.C17H17ClN4/c1-13(2)12-23-10-9-20-18(23)14-3-8-17(21-11-14)22-16-6-4-15(19)5-7-16;1-12(2)22-10-9-19-17(22)13-3-8-16(20-11-13)21-15-6-4-14(18)5-7-15/h3-11,13H,12H2,1-2H3,(H,21,22);3-12H,1-2H3,(H,20,21). The van der Waals surface area contributed by atoms with Crippen molar-refractivity contribution in [2.24, 2.45) is 5.92 Å². The Balaban J connectivity index is 0.000000178. The second-order valence-corrected chi connectivity index (χ2v) is 12.0. The largest absolute Gasteiger partial charge is 0.340 e. The fourth-order valence-corrected chi connectivity index (χ4v) is 4.88. The van der Waals surface area contributed by atoms with Gasteiger partial charge in [0.25, 0.3) is 0 Å². The minimum atomic E-state index is 0.365. The molecule has 4 aromatic heterocycles. The van der Waals surface area contributed by atoms with Crippen LogP contribution in [0.3, 0.4) is 0 Å². The zero-order valence-corrected chi connectivity index (χ0v) is 27.2. The van der Waals surface area contributed by atoms with Crippen LogP contribution in [0.5, 0.6) is 0 Å². The third-order valence-corrected chi connectivity index (χ3v) is 7.28. The molecule has 230 valence electrons. The van der Waals surface area contributed by atoms with E-state index < -0.39 is 0 Å². The number of nitrogens with zero attached hydrogens (tertiary/aromatic N) is 6. The maximum atomic E-state index is 5.89. The van der Waals surface area contributed by atoms with Crippen molar-refractivity contribution in [2.45, 2.75) is 40.3 Å². The number of halogens is 2. The van der Waals surface area contributed by atoms with Gasteiger partial charge >= 0.3 is 0 Å². The van der Waals surface area contributed by atoms with Crippen LogP contribution in [0.25, 0.3) is 22.8 Å². The first-order chi connectivity index (χ1) is 21.7. The first-order valence-corrected chi connectivity index (χ1v) is 15.5. The number of hydrogen-bond donors (Lipinski definition) is 2. The molecule has 0 saturated heterocycles. The van der Waals surface area contributed by atoms with Crippen molar-refractivity contribution in [3.63, 3.8) is 0 Å². The Kier molecular flexibility index (Phi) is 10.5. The summed E-state index contributed by atoms with van der Waals surface area (Å²) in [6.07, 6.45) is 11.3. The van der Waals surface area contributed by atoms with Gasteiger partial charge in [0.15, 0.2) is 0 Å². The molecule has 6 aromatic rings. The predicted octanol–water partition coefficient (Wildman–Crippen LogP) is 9.92. The van der Waals surface area contributed by atoms with E-state index in [0.717, 1.165) is 62.4 Å². The molecule has 0 saturated carbocycles. The molecule has 0 bridgehead atoms. The molecular formula is C35H36Cl2N8. The van der Waals surface area contributed by atoms with Gasteiger partial charge in [0.05, 0.1) is 0 Å². The van der Waals surface area contributed by atoms with Crippen molar-refractivity contribution in [1.82, 2.24) is 29.1 Å². The number of imidazole rings is 2. The first-order valence-electron chi connectivity index (χ1n) is 14.8. The molecule has 0 spiro atoms. The molecule has 0 fully saturated rings. The van der Waals surface area contributed by atoms with E-state index in [1.54, 1.807) is 0 Å². The summed E-state index contributed by atoms with van der Waals surface area (Å²) in [4.78, 5) is 17.8. The quantitative estimate of drug-likeness (QED) is 0.164. The monoisotopic (exact) mass is 638 g/mol. The minimum absolute atomic E-state index is 0.365. The van der Waals surface area contributed by atoms with Crippen LogP contribution in [0.2, 0.25) is 10.0 Å². The van der Waals surface area contributed by atoms with Crippen molar-refractivity contribution < 1.29 is 0 Å². The average Bonchev–Trinajstić information content (AvgIpc) is 3.71. The number of nitrogens with one attached hydrogen (secondary N) is 2. The van der Waals surface area contributed by atoms with E-state index in [9.17, 15) is 0 Å². The smallest absolute Gasteiger partial charge is 0.141 e. The highest BCUT2D eigenvalue weighted by molar-refractivity contribution is 6.30. The molecule has 0 amide bonds. The van der Waals surface area contributed by atoms with E-state index in [-0.39, 0.29) is 0 Å². The van der Waals surface area contributed by atoms with E-state index in [4.69, 9.17) is 23.2 Å². The van der Waals surface area contributed by atoms with Gasteiger partial charge < -0.3 is 19.8 Å². The maximum absolute atomic E-state index is 5.89. The molecule has 0 aliphatic carbocycles. The van der Waals surface area contributed by atoms with E-state index in [1.165, 1.54) is 0 Å². The maximum Gasteiger partial charge on any atom is 0.141 e. The third-order valence-electron chi connectivity index (χ3n) is 6.78. The van der Waals surface area contributed by atoms with Crippen LogP contribution in [0.15, 0.2) is 110 Å². The van der Waals surface area contributed by atoms with Gasteiger partial charge in [-0.1, -0.05) is 37.0 Å². The van der Waals surface area contributed by atoms with Crippen LogP contribution in [-0.2, 0) is 6.54 Å². The molecule has 8 nitrogen and oxygen atoms in total. The molecule has 45 heavy (non-hydrogen) atoms. The lowest BCUT2D eigenvalue weighted by Gasteiger charge is -2.11. The summed E-state index contributed by atoms with van der Waals surface area (Å²) in [6, 6.07) is 23.4. The highest BCUT2D eigenvalue weighted by Crippen LogP contribution is 2.24. The van der Waals surface area contributed by atoms with Crippen LogP contribution in [0.4, 0.5) is 23.0 Å². The summed E-state index contributed by atoms with van der Waals surface area (Å²) in [7, 11) is 0. The number of hydrogen-bond acceptors (Lipinski definition) is 6. The Morgan fingerprint density at radius 3 is 1.56 bits per heavy atom. The van der Waals surface area contributed by atoms with Crippen molar-refractivity contribution >= 4 is 46.2 Å². The zero-order valence-electron chi connectivity index (χ0n) is 25.7. The molecule has 0 atom stereocenters. The second kappa shape index (κ2) is 14.9. The molecule has 0 aliphatic rings. The van der Waals surface area contributed by atoms with Crippen LogP contribution in [0, 0.1) is 5.92 Å². The molecule has 0 aliphatic heterocycles. The number of aromatic nitrogens is 6. The highest BCUT2D eigenvalue weighted by Gasteiger charge is 2.10. The van der Waals surface area contributed by atoms with Crippen molar-refractivity contribution in [2.75, 3.05) is 10.6 Å². The average molecular weight is 640 g/mol. The van der Waals surface area contributed by atoms with E-state index >= 15 is 0 Å². The third kappa shape index (κ3) is 8.71. The van der Waals surface area contributed by atoms with Crippen LogP contribution < -0.4 is 10.6 Å². The highest BCUT2D eigenvalue weighted by atomic mass is 35.5. The van der Waals surface area contributed by atoms with Gasteiger partial charge in [-0.3, -0.25) is 0 Å². The van der Waals surface area contributed by atoms with Crippen LogP contribution in [-0.4, -0.2) is 29.1 Å². The van der Waals surface area contributed by atoms with Gasteiger partial charge in [0.2, 0.25) is 0 Å². The van der Waals surface area contributed by atoms with Gasteiger partial charge in [-0.15, -0.1) is 0 Å². The first kappa shape index (κ1) is 31.8. The predicted molar refractivity (Wildman–Crippen MR) is 186 cm³/mol. The number of anilines is 4. The van der Waals surface area contributed by atoms with Gasteiger partial charge in [0, 0.05) is 82.3 Å². The Morgan fingerprint density at radius 2 is 1.09 bits per heavy atom. The second-order valence-electron chi connectivity index (χ2n) is 11.2. The van der Waals surface area contributed by atoms with E-state index in [0.29, 0.717) is 12.0 Å². The van der Waals surface area contributed by atoms with E-state index in [1.807, 2.05) is 110 Å². The Hall–Kier alpha value is -4.66. The summed E-state index contributed by atoms with van der Waals surface area (Å²) in [5.41, 5.74) is 3.92.